The number of rotatable bonds is 6. The normalized spacial score (nSPS) is 21.4. The number of hydrogen-bond donors (Lipinski definition) is 0. The van der Waals surface area contributed by atoms with Crippen LogP contribution in [0, 0.1) is 11.8 Å². The molecule has 1 aliphatic carbocycles. The van der Waals surface area contributed by atoms with Gasteiger partial charge >= 0.3 is 0 Å². The second-order valence-corrected chi connectivity index (χ2v) is 6.71. The van der Waals surface area contributed by atoms with Crippen molar-refractivity contribution in [1.82, 2.24) is 9.88 Å². The van der Waals surface area contributed by atoms with E-state index >= 15 is 0 Å². The highest BCUT2D eigenvalue weighted by molar-refractivity contribution is 9.10. The van der Waals surface area contributed by atoms with Crippen LogP contribution in [0.15, 0.2) is 20.7 Å². The Morgan fingerprint density at radius 2 is 2.13 bits per heavy atom. The van der Waals surface area contributed by atoms with Crippen molar-refractivity contribution < 1.29 is 4.74 Å². The molecule has 0 aliphatic heterocycles. The molecular formula is C16H23BrN4O2. The van der Waals surface area contributed by atoms with E-state index in [9.17, 15) is 4.91 Å². The molecule has 1 aromatic heterocycles. The SMILES string of the molecule is CCN(C)C=Nc1cc(Br)c(OC2CCC(N=O)CC2)nc1C. The van der Waals surface area contributed by atoms with Crippen molar-refractivity contribution in [2.75, 3.05) is 13.6 Å². The minimum absolute atomic E-state index is 0.0553. The predicted octanol–water partition coefficient (Wildman–Crippen LogP) is 4.22. The molecule has 0 N–H and O–H groups in total. The number of nitrogens with zero attached hydrogens (tertiary/aromatic N) is 4. The fourth-order valence-electron chi connectivity index (χ4n) is 2.43. The standard InChI is InChI=1S/C16H23BrN4O2/c1-4-21(3)10-18-15-9-14(17)16(19-11(15)2)23-13-7-5-12(20-22)6-8-13/h9-10,12-13H,4-8H2,1-3H3. The first-order valence-corrected chi connectivity index (χ1v) is 8.73. The smallest absolute Gasteiger partial charge is 0.228 e. The summed E-state index contributed by atoms with van der Waals surface area (Å²) in [6.45, 7) is 4.89. The average molecular weight is 383 g/mol. The van der Waals surface area contributed by atoms with Gasteiger partial charge in [0.2, 0.25) is 5.88 Å². The molecule has 6 nitrogen and oxygen atoms in total. The molecule has 0 amide bonds. The number of ether oxygens (including phenoxy) is 1. The number of hydrogen-bond acceptors (Lipinski definition) is 5. The van der Waals surface area contributed by atoms with Gasteiger partial charge in [-0.2, -0.15) is 4.91 Å². The third-order valence-corrected chi connectivity index (χ3v) is 4.64. The predicted molar refractivity (Wildman–Crippen MR) is 95.6 cm³/mol. The minimum Gasteiger partial charge on any atom is -0.474 e. The number of halogens is 1. The molecular weight excluding hydrogens is 360 g/mol. The largest absolute Gasteiger partial charge is 0.474 e. The quantitative estimate of drug-likeness (QED) is 0.419. The Hall–Kier alpha value is -1.50. The minimum atomic E-state index is -0.0553. The van der Waals surface area contributed by atoms with Gasteiger partial charge in [-0.3, -0.25) is 0 Å². The topological polar surface area (TPSA) is 67.2 Å². The van der Waals surface area contributed by atoms with Gasteiger partial charge in [-0.25, -0.2) is 9.98 Å². The van der Waals surface area contributed by atoms with Crippen LogP contribution in [0.3, 0.4) is 0 Å². The molecule has 1 saturated carbocycles. The van der Waals surface area contributed by atoms with Crippen LogP contribution in [0.4, 0.5) is 5.69 Å². The molecule has 7 heteroatoms. The zero-order valence-electron chi connectivity index (χ0n) is 13.8. The molecule has 1 fully saturated rings. The van der Waals surface area contributed by atoms with Gasteiger partial charge in [0.1, 0.15) is 6.10 Å². The molecule has 0 unspecified atom stereocenters. The molecule has 23 heavy (non-hydrogen) atoms. The summed E-state index contributed by atoms with van der Waals surface area (Å²) in [4.78, 5) is 21.5. The first-order chi connectivity index (χ1) is 11.0. The highest BCUT2D eigenvalue weighted by Gasteiger charge is 2.24. The van der Waals surface area contributed by atoms with E-state index in [1.54, 1.807) is 6.34 Å². The molecule has 1 heterocycles. The van der Waals surface area contributed by atoms with Crippen molar-refractivity contribution in [2.24, 2.45) is 10.2 Å². The maximum atomic E-state index is 10.6. The average Bonchev–Trinajstić information content (AvgIpc) is 2.57. The lowest BCUT2D eigenvalue weighted by molar-refractivity contribution is 0.140. The zero-order valence-corrected chi connectivity index (χ0v) is 15.4. The van der Waals surface area contributed by atoms with Crippen LogP contribution >= 0.6 is 15.9 Å². The summed E-state index contributed by atoms with van der Waals surface area (Å²) in [7, 11) is 1.98. The summed E-state index contributed by atoms with van der Waals surface area (Å²) >= 11 is 3.51. The molecule has 0 aromatic carbocycles. The van der Waals surface area contributed by atoms with Gasteiger partial charge < -0.3 is 9.64 Å². The van der Waals surface area contributed by atoms with Gasteiger partial charge in [0.05, 0.1) is 28.2 Å². The fourth-order valence-corrected chi connectivity index (χ4v) is 2.83. The van der Waals surface area contributed by atoms with Gasteiger partial charge in [0, 0.05) is 13.6 Å². The number of aryl methyl sites for hydroxylation is 1. The van der Waals surface area contributed by atoms with Crippen LogP contribution < -0.4 is 4.74 Å². The Bertz CT molecular complexity index is 571. The van der Waals surface area contributed by atoms with Gasteiger partial charge in [-0.15, -0.1) is 0 Å². The maximum absolute atomic E-state index is 10.6. The lowest BCUT2D eigenvalue weighted by atomic mass is 9.94. The van der Waals surface area contributed by atoms with E-state index in [0.29, 0.717) is 5.88 Å². The Morgan fingerprint density at radius 1 is 1.43 bits per heavy atom. The molecule has 1 aromatic rings. The van der Waals surface area contributed by atoms with Crippen LogP contribution in [-0.4, -0.2) is 42.0 Å². The third-order valence-electron chi connectivity index (χ3n) is 4.07. The van der Waals surface area contributed by atoms with E-state index in [1.807, 2.05) is 24.9 Å². The molecule has 0 bridgehead atoms. The third kappa shape index (κ3) is 4.99. The van der Waals surface area contributed by atoms with Gasteiger partial charge in [0.25, 0.3) is 0 Å². The van der Waals surface area contributed by atoms with E-state index in [1.165, 1.54) is 0 Å². The first kappa shape index (κ1) is 17.8. The van der Waals surface area contributed by atoms with Crippen LogP contribution in [-0.2, 0) is 0 Å². The van der Waals surface area contributed by atoms with Crippen LogP contribution in [0.5, 0.6) is 5.88 Å². The Morgan fingerprint density at radius 3 is 2.74 bits per heavy atom. The summed E-state index contributed by atoms with van der Waals surface area (Å²) in [5, 5.41) is 3.12. The molecule has 0 saturated heterocycles. The second-order valence-electron chi connectivity index (χ2n) is 5.85. The highest BCUT2D eigenvalue weighted by Crippen LogP contribution is 2.32. The highest BCUT2D eigenvalue weighted by atomic mass is 79.9. The Labute approximate surface area is 145 Å². The molecule has 126 valence electrons. The van der Waals surface area contributed by atoms with E-state index in [4.69, 9.17) is 4.74 Å². The van der Waals surface area contributed by atoms with Crippen molar-refractivity contribution in [2.45, 2.75) is 51.7 Å². The number of aromatic nitrogens is 1. The number of nitroso groups, excluding NO2 is 1. The van der Waals surface area contributed by atoms with Gasteiger partial charge in [-0.1, -0.05) is 5.18 Å². The summed E-state index contributed by atoms with van der Waals surface area (Å²) < 4.78 is 6.79. The molecule has 0 radical (unpaired) electrons. The van der Waals surface area contributed by atoms with Crippen molar-refractivity contribution in [1.29, 1.82) is 0 Å². The molecule has 2 rings (SSSR count). The Balaban J connectivity index is 2.05. The second kappa shape index (κ2) is 8.38. The summed E-state index contributed by atoms with van der Waals surface area (Å²) in [5.41, 5.74) is 1.64. The first-order valence-electron chi connectivity index (χ1n) is 7.94. The number of pyridine rings is 1. The molecule has 0 atom stereocenters. The number of aliphatic imine (C=N–C) groups is 1. The fraction of sp³-hybridized carbons (Fsp3) is 0.625. The lowest BCUT2D eigenvalue weighted by Gasteiger charge is -2.25. The van der Waals surface area contributed by atoms with E-state index in [0.717, 1.165) is 48.1 Å². The lowest BCUT2D eigenvalue weighted by Crippen LogP contribution is -2.26. The summed E-state index contributed by atoms with van der Waals surface area (Å²) in [5.74, 6) is 0.591. The molecule has 0 spiro atoms. The monoisotopic (exact) mass is 382 g/mol. The van der Waals surface area contributed by atoms with E-state index in [-0.39, 0.29) is 12.1 Å². The van der Waals surface area contributed by atoms with E-state index < -0.39 is 0 Å². The zero-order chi connectivity index (χ0) is 16.8. The maximum Gasteiger partial charge on any atom is 0.228 e. The van der Waals surface area contributed by atoms with Crippen molar-refractivity contribution in [3.8, 4) is 5.88 Å². The van der Waals surface area contributed by atoms with Gasteiger partial charge in [-0.05, 0) is 61.5 Å². The van der Waals surface area contributed by atoms with Crippen molar-refractivity contribution in [3.05, 3.63) is 21.1 Å². The Kier molecular flexibility index (Phi) is 6.50. The van der Waals surface area contributed by atoms with Gasteiger partial charge in [0.15, 0.2) is 0 Å². The summed E-state index contributed by atoms with van der Waals surface area (Å²) in [6, 6.07) is 1.87. The van der Waals surface area contributed by atoms with Crippen LogP contribution in [0.1, 0.15) is 38.3 Å². The van der Waals surface area contributed by atoms with Crippen LogP contribution in [0.25, 0.3) is 0 Å². The summed E-state index contributed by atoms with van der Waals surface area (Å²) in [6.07, 6.45) is 5.14. The molecule has 1 aliphatic rings. The van der Waals surface area contributed by atoms with Crippen molar-refractivity contribution in [3.63, 3.8) is 0 Å². The van der Waals surface area contributed by atoms with E-state index in [2.05, 4.69) is 38.0 Å². The van der Waals surface area contributed by atoms with Crippen molar-refractivity contribution >= 4 is 28.0 Å². The van der Waals surface area contributed by atoms with Crippen LogP contribution in [0.2, 0.25) is 0 Å².